The number of rotatable bonds is 5. The zero-order valence-corrected chi connectivity index (χ0v) is 12.3. The van der Waals surface area contributed by atoms with E-state index in [0.717, 1.165) is 25.7 Å². The lowest BCUT2D eigenvalue weighted by Gasteiger charge is -2.36. The summed E-state index contributed by atoms with van der Waals surface area (Å²) in [6.45, 7) is 1.95. The first-order valence-electron chi connectivity index (χ1n) is 7.50. The summed E-state index contributed by atoms with van der Waals surface area (Å²) >= 11 is 0. The monoisotopic (exact) mass is 297 g/mol. The summed E-state index contributed by atoms with van der Waals surface area (Å²) in [4.78, 5) is 34.8. The summed E-state index contributed by atoms with van der Waals surface area (Å²) < 4.78 is 0. The number of carbonyl (C=O) groups is 3. The highest BCUT2D eigenvalue weighted by Crippen LogP contribution is 2.32. The van der Waals surface area contributed by atoms with Crippen LogP contribution in [0.1, 0.15) is 45.4 Å². The average Bonchev–Trinajstić information content (AvgIpc) is 3.23. The number of hydrogen-bond donors (Lipinski definition) is 4. The van der Waals surface area contributed by atoms with Gasteiger partial charge in [-0.1, -0.05) is 6.92 Å². The van der Waals surface area contributed by atoms with Crippen molar-refractivity contribution < 1.29 is 19.5 Å². The van der Waals surface area contributed by atoms with Crippen LogP contribution in [0.25, 0.3) is 0 Å². The van der Waals surface area contributed by atoms with Crippen LogP contribution in [0, 0.1) is 5.92 Å². The Kier molecular flexibility index (Phi) is 4.69. The Labute approximate surface area is 123 Å². The van der Waals surface area contributed by atoms with Crippen molar-refractivity contribution in [3.05, 3.63) is 0 Å². The van der Waals surface area contributed by atoms with Crippen LogP contribution < -0.4 is 16.0 Å². The maximum atomic E-state index is 11.8. The molecule has 2 saturated carbocycles. The van der Waals surface area contributed by atoms with Gasteiger partial charge in [-0.2, -0.15) is 0 Å². The van der Waals surface area contributed by atoms with E-state index in [2.05, 4.69) is 22.9 Å². The molecule has 7 heteroatoms. The van der Waals surface area contributed by atoms with E-state index in [1.165, 1.54) is 0 Å². The molecule has 0 aromatic carbocycles. The van der Waals surface area contributed by atoms with E-state index < -0.39 is 17.5 Å². The molecule has 0 bridgehead atoms. The molecule has 0 unspecified atom stereocenters. The van der Waals surface area contributed by atoms with Gasteiger partial charge in [0.2, 0.25) is 5.91 Å². The summed E-state index contributed by atoms with van der Waals surface area (Å²) in [5.74, 6) is -0.770. The van der Waals surface area contributed by atoms with E-state index in [-0.39, 0.29) is 18.5 Å². The Bertz CT molecular complexity index is 426. The van der Waals surface area contributed by atoms with E-state index in [9.17, 15) is 19.5 Å². The quantitative estimate of drug-likeness (QED) is 0.596. The van der Waals surface area contributed by atoms with E-state index in [4.69, 9.17) is 0 Å². The predicted octanol–water partition coefficient (Wildman–Crippen LogP) is 0.598. The highest BCUT2D eigenvalue weighted by molar-refractivity contribution is 5.88. The van der Waals surface area contributed by atoms with Crippen molar-refractivity contribution in [2.75, 3.05) is 6.54 Å². The van der Waals surface area contributed by atoms with Crippen molar-refractivity contribution in [2.45, 2.75) is 57.0 Å². The third kappa shape index (κ3) is 4.34. The number of nitrogens with one attached hydrogen (secondary N) is 3. The van der Waals surface area contributed by atoms with Gasteiger partial charge in [-0.15, -0.1) is 0 Å². The standard InChI is InChI=1S/C14H23N3O4/c1-9-4-6-14(7-5-9,12(19)20)17-13(21)15-8-11(18)16-10-2-3-10/h9-10H,2-8H2,1H3,(H,16,18)(H,19,20)(H2,15,17,21). The van der Waals surface area contributed by atoms with Crippen LogP contribution in [0.4, 0.5) is 4.79 Å². The topological polar surface area (TPSA) is 108 Å². The van der Waals surface area contributed by atoms with Gasteiger partial charge in [-0.3, -0.25) is 4.79 Å². The third-order valence-electron chi connectivity index (χ3n) is 4.24. The number of carboxylic acid groups (broad SMARTS) is 1. The summed E-state index contributed by atoms with van der Waals surface area (Å²) in [5.41, 5.74) is -1.20. The largest absolute Gasteiger partial charge is 0.480 e. The highest BCUT2D eigenvalue weighted by atomic mass is 16.4. The second-order valence-corrected chi connectivity index (χ2v) is 6.22. The zero-order chi connectivity index (χ0) is 15.5. The van der Waals surface area contributed by atoms with Gasteiger partial charge in [-0.05, 0) is 44.4 Å². The summed E-state index contributed by atoms with van der Waals surface area (Å²) in [6, 6.07) is -0.356. The normalized spacial score (nSPS) is 28.5. The molecule has 3 amide bonds. The number of urea groups is 1. The van der Waals surface area contributed by atoms with Crippen LogP contribution in [0.15, 0.2) is 0 Å². The van der Waals surface area contributed by atoms with Crippen molar-refractivity contribution in [1.82, 2.24) is 16.0 Å². The molecule has 7 nitrogen and oxygen atoms in total. The van der Waals surface area contributed by atoms with Crippen molar-refractivity contribution in [1.29, 1.82) is 0 Å². The molecule has 0 aliphatic heterocycles. The highest BCUT2D eigenvalue weighted by Gasteiger charge is 2.42. The van der Waals surface area contributed by atoms with Gasteiger partial charge in [0.25, 0.3) is 0 Å². The fourth-order valence-corrected chi connectivity index (χ4v) is 2.58. The van der Waals surface area contributed by atoms with Gasteiger partial charge in [0, 0.05) is 6.04 Å². The number of carboxylic acids is 1. The van der Waals surface area contributed by atoms with Crippen molar-refractivity contribution >= 4 is 17.9 Å². The second kappa shape index (κ2) is 6.32. The lowest BCUT2D eigenvalue weighted by Crippen LogP contribution is -2.59. The van der Waals surface area contributed by atoms with Crippen molar-refractivity contribution in [3.63, 3.8) is 0 Å². The first kappa shape index (κ1) is 15.6. The Morgan fingerprint density at radius 1 is 1.14 bits per heavy atom. The van der Waals surface area contributed by atoms with Crippen LogP contribution in [-0.2, 0) is 9.59 Å². The smallest absolute Gasteiger partial charge is 0.329 e. The first-order valence-corrected chi connectivity index (χ1v) is 7.50. The predicted molar refractivity (Wildman–Crippen MR) is 75.7 cm³/mol. The van der Waals surface area contributed by atoms with Crippen LogP contribution in [0.3, 0.4) is 0 Å². The van der Waals surface area contributed by atoms with Gasteiger partial charge < -0.3 is 21.1 Å². The Balaban J connectivity index is 1.80. The first-order chi connectivity index (χ1) is 9.91. The minimum absolute atomic E-state index is 0.131. The molecular weight excluding hydrogens is 274 g/mol. The molecule has 0 atom stereocenters. The summed E-state index contributed by atoms with van der Waals surface area (Å²) in [6.07, 6.45) is 4.36. The number of hydrogen-bond acceptors (Lipinski definition) is 3. The zero-order valence-electron chi connectivity index (χ0n) is 12.3. The van der Waals surface area contributed by atoms with Gasteiger partial charge in [-0.25, -0.2) is 9.59 Å². The molecule has 2 aliphatic rings. The molecule has 2 rings (SSSR count). The molecule has 0 saturated heterocycles. The number of carbonyl (C=O) groups excluding carboxylic acids is 2. The maximum Gasteiger partial charge on any atom is 0.329 e. The molecule has 0 aromatic rings. The third-order valence-corrected chi connectivity index (χ3v) is 4.24. The number of aliphatic carboxylic acids is 1. The van der Waals surface area contributed by atoms with E-state index in [1.54, 1.807) is 0 Å². The van der Waals surface area contributed by atoms with Crippen LogP contribution in [0.2, 0.25) is 0 Å². The van der Waals surface area contributed by atoms with Crippen LogP contribution in [0.5, 0.6) is 0 Å². The van der Waals surface area contributed by atoms with Crippen molar-refractivity contribution in [3.8, 4) is 0 Å². The Morgan fingerprint density at radius 2 is 1.76 bits per heavy atom. The van der Waals surface area contributed by atoms with E-state index >= 15 is 0 Å². The summed E-state index contributed by atoms with van der Waals surface area (Å²) in [5, 5.41) is 17.1. The molecule has 2 fully saturated rings. The fraction of sp³-hybridized carbons (Fsp3) is 0.786. The van der Waals surface area contributed by atoms with Gasteiger partial charge in [0.05, 0.1) is 6.54 Å². The lowest BCUT2D eigenvalue weighted by atomic mass is 9.77. The molecule has 0 radical (unpaired) electrons. The Hall–Kier alpha value is -1.79. The minimum atomic E-state index is -1.20. The molecular formula is C14H23N3O4. The molecule has 4 N–H and O–H groups in total. The molecule has 0 heterocycles. The van der Waals surface area contributed by atoms with E-state index in [1.807, 2.05) is 0 Å². The molecule has 21 heavy (non-hydrogen) atoms. The maximum absolute atomic E-state index is 11.8. The molecule has 118 valence electrons. The minimum Gasteiger partial charge on any atom is -0.480 e. The van der Waals surface area contributed by atoms with Crippen molar-refractivity contribution in [2.24, 2.45) is 5.92 Å². The van der Waals surface area contributed by atoms with Crippen LogP contribution >= 0.6 is 0 Å². The number of amides is 3. The Morgan fingerprint density at radius 3 is 2.29 bits per heavy atom. The fourth-order valence-electron chi connectivity index (χ4n) is 2.58. The van der Waals surface area contributed by atoms with Gasteiger partial charge >= 0.3 is 12.0 Å². The van der Waals surface area contributed by atoms with Gasteiger partial charge in [0.1, 0.15) is 5.54 Å². The molecule has 0 aromatic heterocycles. The SMILES string of the molecule is CC1CCC(NC(=O)NCC(=O)NC2CC2)(C(=O)O)CC1. The van der Waals surface area contributed by atoms with Crippen LogP contribution in [-0.4, -0.2) is 41.1 Å². The van der Waals surface area contributed by atoms with E-state index in [0.29, 0.717) is 18.8 Å². The lowest BCUT2D eigenvalue weighted by molar-refractivity contribution is -0.146. The average molecular weight is 297 g/mol. The molecule has 0 spiro atoms. The molecule has 2 aliphatic carbocycles. The second-order valence-electron chi connectivity index (χ2n) is 6.22. The van der Waals surface area contributed by atoms with Gasteiger partial charge in [0.15, 0.2) is 0 Å². The summed E-state index contributed by atoms with van der Waals surface area (Å²) in [7, 11) is 0.